The van der Waals surface area contributed by atoms with Gasteiger partial charge in [-0.05, 0) is 0 Å². The topological polar surface area (TPSA) is 38.8 Å². The Morgan fingerprint density at radius 1 is 1.79 bits per heavy atom. The Balaban J connectivity index is 2.36. The van der Waals surface area contributed by atoms with E-state index in [0.29, 0.717) is 19.6 Å². The Morgan fingerprint density at radius 2 is 2.57 bits per heavy atom. The molecule has 1 rings (SSSR count). The van der Waals surface area contributed by atoms with Gasteiger partial charge in [0.25, 0.3) is 0 Å². The number of methoxy groups -OCH3 is 1. The number of hydrogen-bond acceptors (Lipinski definition) is 4. The molecule has 0 spiro atoms. The third-order valence-corrected chi connectivity index (χ3v) is 2.19. The molecule has 0 radical (unpaired) electrons. The number of morpholine rings is 1. The zero-order chi connectivity index (χ0) is 10.4. The second-order valence-electron chi connectivity index (χ2n) is 3.14. The van der Waals surface area contributed by atoms with E-state index in [0.717, 1.165) is 13.1 Å². The highest BCUT2D eigenvalue weighted by Crippen LogP contribution is 2.06. The summed E-state index contributed by atoms with van der Waals surface area (Å²) >= 11 is 0. The lowest BCUT2D eigenvalue weighted by molar-refractivity contribution is -0.159. The molecule has 0 aromatic carbocycles. The fourth-order valence-electron chi connectivity index (χ4n) is 1.40. The van der Waals surface area contributed by atoms with Gasteiger partial charge in [0.15, 0.2) is 6.10 Å². The average molecular weight is 197 g/mol. The molecule has 0 N–H and O–H groups in total. The maximum atomic E-state index is 11.2. The summed E-state index contributed by atoms with van der Waals surface area (Å²) in [6, 6.07) is 0. The van der Waals surface area contributed by atoms with Gasteiger partial charge in [-0.25, -0.2) is 4.79 Å². The van der Waals surface area contributed by atoms with Crippen LogP contribution in [0.1, 0.15) is 6.42 Å². The molecule has 1 fully saturated rings. The highest BCUT2D eigenvalue weighted by atomic mass is 16.6. The van der Waals surface area contributed by atoms with Gasteiger partial charge >= 0.3 is 5.97 Å². The molecule has 4 nitrogen and oxygen atoms in total. The Hall–Kier alpha value is -1.05. The molecule has 0 aromatic rings. The Bertz CT molecular complexity index is 234. The monoisotopic (exact) mass is 197 g/mol. The summed E-state index contributed by atoms with van der Waals surface area (Å²) in [5.74, 6) is 2.26. The van der Waals surface area contributed by atoms with Crippen molar-refractivity contribution in [3.8, 4) is 12.3 Å². The zero-order valence-electron chi connectivity index (χ0n) is 8.36. The molecule has 4 heteroatoms. The Labute approximate surface area is 84.2 Å². The van der Waals surface area contributed by atoms with Gasteiger partial charge < -0.3 is 9.47 Å². The van der Waals surface area contributed by atoms with Crippen molar-refractivity contribution in [3.63, 3.8) is 0 Å². The van der Waals surface area contributed by atoms with E-state index >= 15 is 0 Å². The lowest BCUT2D eigenvalue weighted by Crippen LogP contribution is -2.46. The number of ether oxygens (including phenoxy) is 2. The van der Waals surface area contributed by atoms with Crippen molar-refractivity contribution < 1.29 is 14.3 Å². The van der Waals surface area contributed by atoms with E-state index in [2.05, 4.69) is 15.6 Å². The van der Waals surface area contributed by atoms with Crippen LogP contribution in [-0.4, -0.2) is 50.3 Å². The highest BCUT2D eigenvalue weighted by Gasteiger charge is 2.26. The molecule has 1 aliphatic heterocycles. The van der Waals surface area contributed by atoms with Crippen LogP contribution in [0, 0.1) is 12.3 Å². The van der Waals surface area contributed by atoms with E-state index in [9.17, 15) is 4.79 Å². The van der Waals surface area contributed by atoms with Crippen LogP contribution in [0.25, 0.3) is 0 Å². The van der Waals surface area contributed by atoms with Crippen molar-refractivity contribution in [2.45, 2.75) is 12.5 Å². The van der Waals surface area contributed by atoms with E-state index in [4.69, 9.17) is 11.2 Å². The number of esters is 1. The fourth-order valence-corrected chi connectivity index (χ4v) is 1.40. The molecule has 0 saturated carbocycles. The minimum absolute atomic E-state index is 0.310. The predicted molar refractivity (Wildman–Crippen MR) is 51.6 cm³/mol. The molecule has 0 amide bonds. The molecule has 1 saturated heterocycles. The number of nitrogens with zero attached hydrogens (tertiary/aromatic N) is 1. The van der Waals surface area contributed by atoms with Crippen LogP contribution in [0.3, 0.4) is 0 Å². The fraction of sp³-hybridized carbons (Fsp3) is 0.700. The second-order valence-corrected chi connectivity index (χ2v) is 3.14. The van der Waals surface area contributed by atoms with Crippen LogP contribution in [0.5, 0.6) is 0 Å². The molecule has 78 valence electrons. The smallest absolute Gasteiger partial charge is 0.336 e. The zero-order valence-corrected chi connectivity index (χ0v) is 8.36. The summed E-state index contributed by atoms with van der Waals surface area (Å²) in [7, 11) is 1.37. The number of rotatable bonds is 3. The SMILES string of the molecule is C#CCCN1CCOC(C(=O)OC)C1. The van der Waals surface area contributed by atoms with Gasteiger partial charge in [-0.1, -0.05) is 0 Å². The number of terminal acetylenes is 1. The van der Waals surface area contributed by atoms with E-state index in [1.807, 2.05) is 0 Å². The predicted octanol–water partition coefficient (Wildman–Crippen LogP) is -0.117. The van der Waals surface area contributed by atoms with Crippen molar-refractivity contribution in [2.24, 2.45) is 0 Å². The standard InChI is InChI=1S/C10H15NO3/c1-3-4-5-11-6-7-14-9(8-11)10(12)13-2/h1,9H,4-8H2,2H3. The van der Waals surface area contributed by atoms with Crippen molar-refractivity contribution in [1.82, 2.24) is 4.90 Å². The Kier molecular flexibility index (Phi) is 4.44. The first-order valence-corrected chi connectivity index (χ1v) is 4.63. The van der Waals surface area contributed by atoms with Crippen molar-refractivity contribution in [1.29, 1.82) is 0 Å². The summed E-state index contributed by atoms with van der Waals surface area (Å²) < 4.78 is 9.88. The average Bonchev–Trinajstić information content (AvgIpc) is 2.25. The first kappa shape index (κ1) is 11.0. The number of hydrogen-bond donors (Lipinski definition) is 0. The van der Waals surface area contributed by atoms with Crippen molar-refractivity contribution in [2.75, 3.05) is 33.4 Å². The number of carbonyl (C=O) groups is 1. The lowest BCUT2D eigenvalue weighted by atomic mass is 10.2. The van der Waals surface area contributed by atoms with Gasteiger partial charge in [-0.2, -0.15) is 0 Å². The first-order valence-electron chi connectivity index (χ1n) is 4.63. The summed E-state index contributed by atoms with van der Waals surface area (Å²) in [5.41, 5.74) is 0. The van der Waals surface area contributed by atoms with Crippen LogP contribution < -0.4 is 0 Å². The number of carbonyl (C=O) groups excluding carboxylic acids is 1. The van der Waals surface area contributed by atoms with Gasteiger partial charge in [-0.3, -0.25) is 4.90 Å². The molecule has 0 aliphatic carbocycles. The van der Waals surface area contributed by atoms with Crippen LogP contribution in [0.15, 0.2) is 0 Å². The molecular weight excluding hydrogens is 182 g/mol. The van der Waals surface area contributed by atoms with E-state index in [1.165, 1.54) is 7.11 Å². The van der Waals surface area contributed by atoms with Gasteiger partial charge in [-0.15, -0.1) is 12.3 Å². The van der Waals surface area contributed by atoms with Gasteiger partial charge in [0.05, 0.1) is 13.7 Å². The van der Waals surface area contributed by atoms with Crippen LogP contribution in [-0.2, 0) is 14.3 Å². The Morgan fingerprint density at radius 3 is 3.21 bits per heavy atom. The molecule has 0 bridgehead atoms. The van der Waals surface area contributed by atoms with E-state index < -0.39 is 6.10 Å². The minimum Gasteiger partial charge on any atom is -0.467 e. The highest BCUT2D eigenvalue weighted by molar-refractivity contribution is 5.74. The molecule has 1 aliphatic rings. The lowest BCUT2D eigenvalue weighted by Gasteiger charge is -2.30. The minimum atomic E-state index is -0.452. The van der Waals surface area contributed by atoms with E-state index in [-0.39, 0.29) is 5.97 Å². The molecular formula is C10H15NO3. The molecule has 1 unspecified atom stereocenters. The summed E-state index contributed by atoms with van der Waals surface area (Å²) in [6.07, 6.45) is 5.42. The van der Waals surface area contributed by atoms with Gasteiger partial charge in [0, 0.05) is 26.1 Å². The van der Waals surface area contributed by atoms with E-state index in [1.54, 1.807) is 0 Å². The maximum Gasteiger partial charge on any atom is 0.336 e. The van der Waals surface area contributed by atoms with Crippen molar-refractivity contribution >= 4 is 5.97 Å². The maximum absolute atomic E-state index is 11.2. The molecule has 1 atom stereocenters. The summed E-state index contributed by atoms with van der Waals surface area (Å²) in [6.45, 7) is 2.78. The molecule has 0 aromatic heterocycles. The second kappa shape index (κ2) is 5.63. The summed E-state index contributed by atoms with van der Waals surface area (Å²) in [5, 5.41) is 0. The third kappa shape index (κ3) is 3.02. The molecule has 14 heavy (non-hydrogen) atoms. The largest absolute Gasteiger partial charge is 0.467 e. The van der Waals surface area contributed by atoms with Gasteiger partial charge in [0.2, 0.25) is 0 Å². The van der Waals surface area contributed by atoms with Crippen LogP contribution >= 0.6 is 0 Å². The normalized spacial score (nSPS) is 22.7. The van der Waals surface area contributed by atoms with Crippen LogP contribution in [0.4, 0.5) is 0 Å². The first-order chi connectivity index (χ1) is 6.77. The van der Waals surface area contributed by atoms with Crippen LogP contribution in [0.2, 0.25) is 0 Å². The third-order valence-electron chi connectivity index (χ3n) is 2.19. The quantitative estimate of drug-likeness (QED) is 0.467. The van der Waals surface area contributed by atoms with Gasteiger partial charge in [0.1, 0.15) is 0 Å². The molecule has 1 heterocycles. The van der Waals surface area contributed by atoms with Crippen molar-refractivity contribution in [3.05, 3.63) is 0 Å². The summed E-state index contributed by atoms with van der Waals surface area (Å²) in [4.78, 5) is 13.3.